The molecule has 1 heterocycles. The Balaban J connectivity index is 0.00000264. The summed E-state index contributed by atoms with van der Waals surface area (Å²) in [6.45, 7) is 3.29. The summed E-state index contributed by atoms with van der Waals surface area (Å²) in [6.07, 6.45) is 1.79. The van der Waals surface area contributed by atoms with Crippen LogP contribution in [0.25, 0.3) is 0 Å². The third-order valence-electron chi connectivity index (χ3n) is 4.06. The molecule has 2 rings (SSSR count). The van der Waals surface area contributed by atoms with Crippen molar-refractivity contribution in [2.24, 2.45) is 10.7 Å². The average Bonchev–Trinajstić information content (AvgIpc) is 2.54. The van der Waals surface area contributed by atoms with E-state index in [0.29, 0.717) is 25.7 Å². The van der Waals surface area contributed by atoms with E-state index < -0.39 is 0 Å². The van der Waals surface area contributed by atoms with Crippen LogP contribution in [0, 0.1) is 0 Å². The molecule has 0 spiro atoms. The monoisotopic (exact) mass is 453 g/mol. The summed E-state index contributed by atoms with van der Waals surface area (Å²) < 4.78 is 10.5. The maximum absolute atomic E-state index is 6.41. The van der Waals surface area contributed by atoms with Gasteiger partial charge in [0.1, 0.15) is 0 Å². The maximum Gasteiger partial charge on any atom is 0.188 e. The van der Waals surface area contributed by atoms with Gasteiger partial charge in [-0.15, -0.1) is 24.0 Å². The molecule has 1 fully saturated rings. The highest BCUT2D eigenvalue weighted by Gasteiger charge is 2.35. The zero-order valence-electron chi connectivity index (χ0n) is 13.4. The number of hydrogen-bond acceptors (Lipinski definition) is 3. The summed E-state index contributed by atoms with van der Waals surface area (Å²) in [6, 6.07) is 7.97. The molecule has 0 bridgehead atoms. The number of ether oxygens (including phenoxy) is 2. The highest BCUT2D eigenvalue weighted by atomic mass is 127. The Morgan fingerprint density at radius 3 is 2.74 bits per heavy atom. The number of nitrogens with one attached hydrogen (secondary N) is 1. The predicted molar refractivity (Wildman–Crippen MR) is 105 cm³/mol. The van der Waals surface area contributed by atoms with Crippen molar-refractivity contribution >= 4 is 41.5 Å². The van der Waals surface area contributed by atoms with E-state index in [-0.39, 0.29) is 29.4 Å². The van der Waals surface area contributed by atoms with Crippen LogP contribution in [0.5, 0.6) is 0 Å². The second kappa shape index (κ2) is 10.3. The summed E-state index contributed by atoms with van der Waals surface area (Å²) in [5.74, 6) is 0.440. The van der Waals surface area contributed by atoms with Crippen molar-refractivity contribution in [3.8, 4) is 0 Å². The first-order valence-corrected chi connectivity index (χ1v) is 7.91. The molecule has 0 unspecified atom stereocenters. The standard InChI is InChI=1S/C16H24ClN3O2.HI/c1-21-11-8-19-15(18)20-12-16(6-9-22-10-7-16)13-4-2-3-5-14(13)17;/h2-5H,6-12H2,1H3,(H3,18,19,20);1H. The number of guanidine groups is 1. The number of nitrogens with zero attached hydrogens (tertiary/aromatic N) is 1. The van der Waals surface area contributed by atoms with E-state index in [9.17, 15) is 0 Å². The highest BCUT2D eigenvalue weighted by molar-refractivity contribution is 14.0. The molecule has 1 saturated heterocycles. The Morgan fingerprint density at radius 2 is 2.09 bits per heavy atom. The van der Waals surface area contributed by atoms with E-state index in [1.165, 1.54) is 0 Å². The van der Waals surface area contributed by atoms with Crippen LogP contribution in [0.4, 0.5) is 0 Å². The van der Waals surface area contributed by atoms with Crippen LogP contribution in [-0.4, -0.2) is 46.0 Å². The van der Waals surface area contributed by atoms with E-state index in [4.69, 9.17) is 26.8 Å². The third-order valence-corrected chi connectivity index (χ3v) is 4.39. The third kappa shape index (κ3) is 5.77. The molecule has 1 aliphatic rings. The zero-order chi connectivity index (χ0) is 15.8. The van der Waals surface area contributed by atoms with Gasteiger partial charge in [-0.3, -0.25) is 4.99 Å². The fourth-order valence-electron chi connectivity index (χ4n) is 2.74. The number of methoxy groups -OCH3 is 1. The second-order valence-electron chi connectivity index (χ2n) is 5.49. The van der Waals surface area contributed by atoms with Crippen LogP contribution in [-0.2, 0) is 14.9 Å². The number of hydrogen-bond donors (Lipinski definition) is 2. The molecule has 0 atom stereocenters. The summed E-state index contributed by atoms with van der Waals surface area (Å²) in [5, 5.41) is 3.83. The van der Waals surface area contributed by atoms with E-state index >= 15 is 0 Å². The Kier molecular flexibility index (Phi) is 9.19. The molecule has 5 nitrogen and oxygen atoms in total. The van der Waals surface area contributed by atoms with Crippen molar-refractivity contribution < 1.29 is 9.47 Å². The molecule has 0 aromatic heterocycles. The largest absolute Gasteiger partial charge is 0.383 e. The van der Waals surface area contributed by atoms with Gasteiger partial charge in [-0.05, 0) is 24.5 Å². The normalized spacial score (nSPS) is 17.4. The molecule has 1 aromatic rings. The summed E-state index contributed by atoms with van der Waals surface area (Å²) >= 11 is 6.41. The van der Waals surface area contributed by atoms with Gasteiger partial charge in [0.15, 0.2) is 5.96 Å². The Labute approximate surface area is 160 Å². The first-order valence-electron chi connectivity index (χ1n) is 7.53. The first kappa shape index (κ1) is 20.5. The van der Waals surface area contributed by atoms with Gasteiger partial charge in [-0.25, -0.2) is 0 Å². The van der Waals surface area contributed by atoms with Crippen LogP contribution in [0.15, 0.2) is 29.3 Å². The van der Waals surface area contributed by atoms with Crippen molar-refractivity contribution in [2.75, 3.05) is 40.0 Å². The van der Waals surface area contributed by atoms with Crippen LogP contribution >= 0.6 is 35.6 Å². The zero-order valence-corrected chi connectivity index (χ0v) is 16.5. The first-order chi connectivity index (χ1) is 10.7. The molecule has 130 valence electrons. The SMILES string of the molecule is COCCNC(N)=NCC1(c2ccccc2Cl)CCOCC1.I. The molecule has 3 N–H and O–H groups in total. The van der Waals surface area contributed by atoms with E-state index in [1.54, 1.807) is 7.11 Å². The minimum absolute atomic E-state index is 0. The minimum atomic E-state index is -0.107. The van der Waals surface area contributed by atoms with Crippen LogP contribution in [0.1, 0.15) is 18.4 Å². The van der Waals surface area contributed by atoms with Crippen LogP contribution in [0.2, 0.25) is 5.02 Å². The van der Waals surface area contributed by atoms with Gasteiger partial charge in [0.25, 0.3) is 0 Å². The number of nitrogens with two attached hydrogens (primary N) is 1. The molecule has 0 aliphatic carbocycles. The number of rotatable bonds is 6. The number of benzene rings is 1. The average molecular weight is 454 g/mol. The number of aliphatic imine (C=N–C) groups is 1. The lowest BCUT2D eigenvalue weighted by Gasteiger charge is -2.37. The van der Waals surface area contributed by atoms with Crippen molar-refractivity contribution in [1.82, 2.24) is 5.32 Å². The van der Waals surface area contributed by atoms with Crippen molar-refractivity contribution in [1.29, 1.82) is 0 Å². The molecule has 1 aliphatic heterocycles. The lowest BCUT2D eigenvalue weighted by atomic mass is 9.74. The van der Waals surface area contributed by atoms with Gasteiger partial charge in [-0.1, -0.05) is 29.8 Å². The molecule has 0 saturated carbocycles. The van der Waals surface area contributed by atoms with Gasteiger partial charge in [0.2, 0.25) is 0 Å². The molecule has 0 amide bonds. The molecule has 7 heteroatoms. The quantitative estimate of drug-likeness (QED) is 0.301. The molecular formula is C16H25ClIN3O2. The summed E-state index contributed by atoms with van der Waals surface area (Å²) in [4.78, 5) is 4.52. The van der Waals surface area contributed by atoms with Gasteiger partial charge >= 0.3 is 0 Å². The number of halogens is 2. The molecule has 0 radical (unpaired) electrons. The lowest BCUT2D eigenvalue weighted by Crippen LogP contribution is -2.40. The topological polar surface area (TPSA) is 68.9 Å². The lowest BCUT2D eigenvalue weighted by molar-refractivity contribution is 0.0531. The van der Waals surface area contributed by atoms with E-state index in [1.807, 2.05) is 18.2 Å². The predicted octanol–water partition coefficient (Wildman–Crippen LogP) is 2.56. The second-order valence-corrected chi connectivity index (χ2v) is 5.90. The van der Waals surface area contributed by atoms with Gasteiger partial charge < -0.3 is 20.5 Å². The fourth-order valence-corrected chi connectivity index (χ4v) is 3.08. The van der Waals surface area contributed by atoms with Gasteiger partial charge in [0.05, 0.1) is 13.2 Å². The maximum atomic E-state index is 6.41. The van der Waals surface area contributed by atoms with Crippen LogP contribution < -0.4 is 11.1 Å². The van der Waals surface area contributed by atoms with Crippen molar-refractivity contribution in [3.63, 3.8) is 0 Å². The van der Waals surface area contributed by atoms with Crippen LogP contribution in [0.3, 0.4) is 0 Å². The smallest absolute Gasteiger partial charge is 0.188 e. The summed E-state index contributed by atoms with van der Waals surface area (Å²) in [7, 11) is 1.66. The van der Waals surface area contributed by atoms with Gasteiger partial charge in [0, 0.05) is 37.3 Å². The minimum Gasteiger partial charge on any atom is -0.383 e. The fraction of sp³-hybridized carbons (Fsp3) is 0.562. The molecule has 23 heavy (non-hydrogen) atoms. The Morgan fingerprint density at radius 1 is 1.39 bits per heavy atom. The molecular weight excluding hydrogens is 429 g/mol. The highest BCUT2D eigenvalue weighted by Crippen LogP contribution is 2.38. The summed E-state index contributed by atoms with van der Waals surface area (Å²) in [5.41, 5.74) is 6.95. The Bertz CT molecular complexity index is 508. The van der Waals surface area contributed by atoms with E-state index in [0.717, 1.165) is 36.6 Å². The van der Waals surface area contributed by atoms with Gasteiger partial charge in [-0.2, -0.15) is 0 Å². The van der Waals surface area contributed by atoms with Crippen molar-refractivity contribution in [3.05, 3.63) is 34.9 Å². The van der Waals surface area contributed by atoms with E-state index in [2.05, 4.69) is 16.4 Å². The molecule has 1 aromatic carbocycles. The van der Waals surface area contributed by atoms with Crippen molar-refractivity contribution in [2.45, 2.75) is 18.3 Å². The Hall–Kier alpha value is -0.570.